The molecular formula is C27H38N4O2. The quantitative estimate of drug-likeness (QED) is 0.704. The lowest BCUT2D eigenvalue weighted by Crippen LogP contribution is -2.65. The summed E-state index contributed by atoms with van der Waals surface area (Å²) in [6.45, 7) is 10.5. The standard InChI is InChI=1S/C27H38N4O2/c1-19-13-15-21(16-14-19)31-24(32)22-17-23(26(2,3)4)29-30(22)18-27(31,5)25(33)28-20-11-9-7-6-8-10-12-20/h13-17,20H,6-12,18H2,1-5H3,(H,28,33). The lowest BCUT2D eigenvalue weighted by atomic mass is 9.90. The molecular weight excluding hydrogens is 412 g/mol. The zero-order chi connectivity index (χ0) is 23.8. The fourth-order valence-electron chi connectivity index (χ4n) is 4.99. The van der Waals surface area contributed by atoms with E-state index in [1.54, 1.807) is 9.58 Å². The van der Waals surface area contributed by atoms with Crippen molar-refractivity contribution in [1.29, 1.82) is 0 Å². The normalized spacial score (nSPS) is 22.5. The van der Waals surface area contributed by atoms with Crippen LogP contribution in [-0.2, 0) is 16.8 Å². The molecule has 0 spiro atoms. The van der Waals surface area contributed by atoms with Crippen LogP contribution in [0.15, 0.2) is 30.3 Å². The Morgan fingerprint density at radius 2 is 1.67 bits per heavy atom. The predicted octanol–water partition coefficient (Wildman–Crippen LogP) is 5.14. The Labute approximate surface area is 197 Å². The number of hydrogen-bond donors (Lipinski definition) is 1. The van der Waals surface area contributed by atoms with E-state index in [1.165, 1.54) is 19.3 Å². The molecule has 1 atom stereocenters. The highest BCUT2D eigenvalue weighted by molar-refractivity contribution is 6.11. The third-order valence-electron chi connectivity index (χ3n) is 7.14. The summed E-state index contributed by atoms with van der Waals surface area (Å²) in [7, 11) is 0. The van der Waals surface area contributed by atoms with E-state index in [-0.39, 0.29) is 23.3 Å². The summed E-state index contributed by atoms with van der Waals surface area (Å²) in [6, 6.07) is 9.89. The molecule has 1 fully saturated rings. The van der Waals surface area contributed by atoms with Gasteiger partial charge in [-0.3, -0.25) is 19.2 Å². The first-order chi connectivity index (χ1) is 15.6. The van der Waals surface area contributed by atoms with Crippen LogP contribution in [0.25, 0.3) is 0 Å². The lowest BCUT2D eigenvalue weighted by molar-refractivity contribution is -0.127. The van der Waals surface area contributed by atoms with Gasteiger partial charge >= 0.3 is 0 Å². The van der Waals surface area contributed by atoms with Crippen molar-refractivity contribution >= 4 is 17.5 Å². The fraction of sp³-hybridized carbons (Fsp3) is 0.593. The molecule has 33 heavy (non-hydrogen) atoms. The SMILES string of the molecule is Cc1ccc(N2C(=O)c3cc(C(C)(C)C)nn3CC2(C)C(=O)NC2CCCCCCC2)cc1. The largest absolute Gasteiger partial charge is 0.351 e. The Hall–Kier alpha value is -2.63. The number of benzene rings is 1. The molecule has 4 rings (SSSR count). The van der Waals surface area contributed by atoms with Crippen molar-refractivity contribution in [3.8, 4) is 0 Å². The third-order valence-corrected chi connectivity index (χ3v) is 7.14. The van der Waals surface area contributed by atoms with E-state index in [1.807, 2.05) is 44.2 Å². The van der Waals surface area contributed by atoms with E-state index in [0.29, 0.717) is 12.2 Å². The topological polar surface area (TPSA) is 67.2 Å². The summed E-state index contributed by atoms with van der Waals surface area (Å²) in [6.07, 6.45) is 8.02. The highest BCUT2D eigenvalue weighted by atomic mass is 16.2. The van der Waals surface area contributed by atoms with Crippen molar-refractivity contribution in [3.63, 3.8) is 0 Å². The Balaban J connectivity index is 1.72. The highest BCUT2D eigenvalue weighted by Crippen LogP contribution is 2.35. The van der Waals surface area contributed by atoms with Gasteiger partial charge in [0.1, 0.15) is 11.2 Å². The first-order valence-electron chi connectivity index (χ1n) is 12.4. The number of anilines is 1. The molecule has 1 aliphatic carbocycles. The summed E-state index contributed by atoms with van der Waals surface area (Å²) < 4.78 is 1.74. The van der Waals surface area contributed by atoms with Gasteiger partial charge in [0.05, 0.1) is 12.2 Å². The zero-order valence-corrected chi connectivity index (χ0v) is 20.8. The van der Waals surface area contributed by atoms with Crippen molar-refractivity contribution in [2.45, 2.75) is 103 Å². The number of carbonyl (C=O) groups is 2. The third kappa shape index (κ3) is 4.71. The molecule has 2 aliphatic rings. The average Bonchev–Trinajstić information content (AvgIpc) is 3.16. The Kier molecular flexibility index (Phi) is 6.39. The number of aryl methyl sites for hydroxylation is 1. The lowest BCUT2D eigenvalue weighted by Gasteiger charge is -2.44. The number of amides is 2. The van der Waals surface area contributed by atoms with Gasteiger partial charge in [0.2, 0.25) is 5.91 Å². The molecule has 1 unspecified atom stereocenters. The molecule has 2 heterocycles. The minimum Gasteiger partial charge on any atom is -0.351 e. The summed E-state index contributed by atoms with van der Waals surface area (Å²) in [5.41, 5.74) is 2.01. The molecule has 1 aromatic heterocycles. The van der Waals surface area contributed by atoms with E-state index < -0.39 is 5.54 Å². The average molecular weight is 451 g/mol. The van der Waals surface area contributed by atoms with Gasteiger partial charge < -0.3 is 5.32 Å². The van der Waals surface area contributed by atoms with Crippen LogP contribution < -0.4 is 10.2 Å². The van der Waals surface area contributed by atoms with Crippen LogP contribution in [0.2, 0.25) is 0 Å². The van der Waals surface area contributed by atoms with E-state index >= 15 is 0 Å². The molecule has 178 valence electrons. The maximum absolute atomic E-state index is 13.8. The van der Waals surface area contributed by atoms with Gasteiger partial charge in [-0.1, -0.05) is 70.6 Å². The molecule has 1 N–H and O–H groups in total. The number of nitrogens with one attached hydrogen (secondary N) is 1. The second-order valence-electron chi connectivity index (χ2n) is 11.1. The zero-order valence-electron chi connectivity index (χ0n) is 20.8. The Morgan fingerprint density at radius 3 is 2.27 bits per heavy atom. The second kappa shape index (κ2) is 8.96. The monoisotopic (exact) mass is 450 g/mol. The Bertz CT molecular complexity index is 1010. The van der Waals surface area contributed by atoms with Gasteiger partial charge in [-0.15, -0.1) is 0 Å². The van der Waals surface area contributed by atoms with Crippen molar-refractivity contribution in [2.75, 3.05) is 4.90 Å². The molecule has 6 nitrogen and oxygen atoms in total. The minimum absolute atomic E-state index is 0.0968. The first-order valence-corrected chi connectivity index (χ1v) is 12.4. The van der Waals surface area contributed by atoms with Crippen LogP contribution >= 0.6 is 0 Å². The molecule has 2 amide bonds. The van der Waals surface area contributed by atoms with Gasteiger partial charge in [0.15, 0.2) is 0 Å². The Morgan fingerprint density at radius 1 is 1.06 bits per heavy atom. The molecule has 1 aliphatic heterocycles. The summed E-state index contributed by atoms with van der Waals surface area (Å²) in [5.74, 6) is -0.274. The first kappa shape index (κ1) is 23.5. The van der Waals surface area contributed by atoms with Gasteiger partial charge in [-0.25, -0.2) is 0 Å². The molecule has 0 radical (unpaired) electrons. The minimum atomic E-state index is -1.07. The second-order valence-corrected chi connectivity index (χ2v) is 11.1. The maximum Gasteiger partial charge on any atom is 0.277 e. The molecule has 0 saturated heterocycles. The van der Waals surface area contributed by atoms with E-state index in [0.717, 1.165) is 42.6 Å². The van der Waals surface area contributed by atoms with Crippen molar-refractivity contribution in [2.24, 2.45) is 0 Å². The number of hydrogen-bond acceptors (Lipinski definition) is 3. The van der Waals surface area contributed by atoms with Crippen molar-refractivity contribution < 1.29 is 9.59 Å². The molecule has 6 heteroatoms. The van der Waals surface area contributed by atoms with Crippen LogP contribution in [0.1, 0.15) is 94.4 Å². The van der Waals surface area contributed by atoms with Crippen LogP contribution in [0, 0.1) is 6.92 Å². The van der Waals surface area contributed by atoms with Crippen molar-refractivity contribution in [1.82, 2.24) is 15.1 Å². The fourth-order valence-corrected chi connectivity index (χ4v) is 4.99. The van der Waals surface area contributed by atoms with Gasteiger partial charge in [-0.2, -0.15) is 5.10 Å². The van der Waals surface area contributed by atoms with E-state index in [2.05, 4.69) is 26.1 Å². The van der Waals surface area contributed by atoms with Gasteiger partial charge in [0.25, 0.3) is 5.91 Å². The number of fused-ring (bicyclic) bond motifs is 1. The van der Waals surface area contributed by atoms with Crippen LogP contribution in [0.5, 0.6) is 0 Å². The van der Waals surface area contributed by atoms with Crippen LogP contribution in [-0.4, -0.2) is 33.2 Å². The number of nitrogens with zero attached hydrogens (tertiary/aromatic N) is 3. The smallest absolute Gasteiger partial charge is 0.277 e. The molecule has 0 bridgehead atoms. The van der Waals surface area contributed by atoms with Gasteiger partial charge in [0, 0.05) is 17.1 Å². The van der Waals surface area contributed by atoms with Gasteiger partial charge in [-0.05, 0) is 44.9 Å². The highest BCUT2D eigenvalue weighted by Gasteiger charge is 2.49. The molecule has 1 aromatic carbocycles. The molecule has 2 aromatic rings. The van der Waals surface area contributed by atoms with Crippen molar-refractivity contribution in [3.05, 3.63) is 47.3 Å². The summed E-state index contributed by atoms with van der Waals surface area (Å²) in [5, 5.41) is 8.08. The number of rotatable bonds is 3. The predicted molar refractivity (Wildman–Crippen MR) is 132 cm³/mol. The number of aromatic nitrogens is 2. The van der Waals surface area contributed by atoms with Crippen LogP contribution in [0.3, 0.4) is 0 Å². The van der Waals surface area contributed by atoms with E-state index in [4.69, 9.17) is 5.10 Å². The maximum atomic E-state index is 13.8. The van der Waals surface area contributed by atoms with E-state index in [9.17, 15) is 9.59 Å². The summed E-state index contributed by atoms with van der Waals surface area (Å²) in [4.78, 5) is 29.4. The number of carbonyl (C=O) groups excluding carboxylic acids is 2. The molecule has 1 saturated carbocycles. The van der Waals surface area contributed by atoms with Crippen LogP contribution in [0.4, 0.5) is 5.69 Å². The summed E-state index contributed by atoms with van der Waals surface area (Å²) >= 11 is 0.